The minimum Gasteiger partial charge on any atom is -0.345 e. The van der Waals surface area contributed by atoms with Gasteiger partial charge in [-0.1, -0.05) is 23.5 Å². The molecule has 1 aliphatic rings. The summed E-state index contributed by atoms with van der Waals surface area (Å²) >= 11 is 1.71. The van der Waals surface area contributed by atoms with Gasteiger partial charge < -0.3 is 15.5 Å². The molecule has 0 aliphatic carbocycles. The minimum absolute atomic E-state index is 0. The molecule has 3 rings (SSSR count). The van der Waals surface area contributed by atoms with Crippen LogP contribution in [-0.4, -0.2) is 48.0 Å². The third kappa shape index (κ3) is 3.28. The Kier molecular flexibility index (Phi) is 5.03. The van der Waals surface area contributed by atoms with Crippen molar-refractivity contribution in [3.63, 3.8) is 0 Å². The van der Waals surface area contributed by atoms with E-state index in [-0.39, 0.29) is 18.3 Å². The molecule has 2 N–H and O–H groups in total. The van der Waals surface area contributed by atoms with Crippen molar-refractivity contribution in [3.05, 3.63) is 24.3 Å². The lowest BCUT2D eigenvalue weighted by molar-refractivity contribution is -0.132. The SMILES string of the molecule is CC(N)C(=O)N1CCN(c2nc3ccccc3s2)CC1.Cl. The number of benzene rings is 1. The average Bonchev–Trinajstić information content (AvgIpc) is 2.90. The lowest BCUT2D eigenvalue weighted by Crippen LogP contribution is -2.52. The quantitative estimate of drug-likeness (QED) is 0.912. The third-order valence-corrected chi connectivity index (χ3v) is 4.63. The summed E-state index contributed by atoms with van der Waals surface area (Å²) in [6.45, 7) is 4.81. The van der Waals surface area contributed by atoms with E-state index >= 15 is 0 Å². The van der Waals surface area contributed by atoms with Crippen LogP contribution in [0.4, 0.5) is 5.13 Å². The molecule has 0 radical (unpaired) electrons. The molecule has 5 nitrogen and oxygen atoms in total. The van der Waals surface area contributed by atoms with Crippen LogP contribution in [-0.2, 0) is 4.79 Å². The van der Waals surface area contributed by atoms with E-state index in [4.69, 9.17) is 5.73 Å². The molecule has 7 heteroatoms. The Balaban J connectivity index is 0.00000161. The first-order valence-corrected chi connectivity index (χ1v) is 7.61. The van der Waals surface area contributed by atoms with Gasteiger partial charge in [0.2, 0.25) is 5.91 Å². The molecular formula is C14H19ClN4OS. The predicted octanol–water partition coefficient (Wildman–Crippen LogP) is 1.71. The molecule has 0 saturated carbocycles. The van der Waals surface area contributed by atoms with Crippen LogP contribution in [0.25, 0.3) is 10.2 Å². The summed E-state index contributed by atoms with van der Waals surface area (Å²) < 4.78 is 1.21. The minimum atomic E-state index is -0.413. The summed E-state index contributed by atoms with van der Waals surface area (Å²) in [5, 5.41) is 1.04. The van der Waals surface area contributed by atoms with Crippen molar-refractivity contribution >= 4 is 45.0 Å². The van der Waals surface area contributed by atoms with E-state index in [0.717, 1.165) is 36.8 Å². The summed E-state index contributed by atoms with van der Waals surface area (Å²) in [6.07, 6.45) is 0. The van der Waals surface area contributed by atoms with Gasteiger partial charge in [0.25, 0.3) is 0 Å². The lowest BCUT2D eigenvalue weighted by Gasteiger charge is -2.35. The van der Waals surface area contributed by atoms with E-state index in [2.05, 4.69) is 16.0 Å². The number of thiazole rings is 1. The van der Waals surface area contributed by atoms with Gasteiger partial charge in [-0.05, 0) is 19.1 Å². The van der Waals surface area contributed by atoms with Crippen molar-refractivity contribution in [2.24, 2.45) is 5.73 Å². The van der Waals surface area contributed by atoms with E-state index in [9.17, 15) is 4.79 Å². The molecule has 2 aromatic rings. The average molecular weight is 327 g/mol. The van der Waals surface area contributed by atoms with E-state index in [1.807, 2.05) is 23.1 Å². The van der Waals surface area contributed by atoms with E-state index in [1.54, 1.807) is 18.3 Å². The van der Waals surface area contributed by atoms with Gasteiger partial charge in [-0.3, -0.25) is 4.79 Å². The Hall–Kier alpha value is -1.37. The number of fused-ring (bicyclic) bond motifs is 1. The molecule has 114 valence electrons. The molecule has 1 aliphatic heterocycles. The van der Waals surface area contributed by atoms with Crippen molar-refractivity contribution in [2.75, 3.05) is 31.1 Å². The van der Waals surface area contributed by atoms with Gasteiger partial charge in [-0.25, -0.2) is 4.98 Å². The fourth-order valence-electron chi connectivity index (χ4n) is 2.40. The van der Waals surface area contributed by atoms with Crippen LogP contribution in [0.15, 0.2) is 24.3 Å². The molecule has 0 spiro atoms. The zero-order valence-electron chi connectivity index (χ0n) is 11.9. The van der Waals surface area contributed by atoms with Gasteiger partial charge in [0.15, 0.2) is 5.13 Å². The van der Waals surface area contributed by atoms with Crippen LogP contribution in [0.5, 0.6) is 0 Å². The Morgan fingerprint density at radius 1 is 1.29 bits per heavy atom. The van der Waals surface area contributed by atoms with Gasteiger partial charge in [-0.2, -0.15) is 0 Å². The number of amides is 1. The van der Waals surface area contributed by atoms with E-state index in [0.29, 0.717) is 0 Å². The normalized spacial score (nSPS) is 16.7. The van der Waals surface area contributed by atoms with Crippen LogP contribution in [0.3, 0.4) is 0 Å². The number of rotatable bonds is 2. The smallest absolute Gasteiger partial charge is 0.239 e. The standard InChI is InChI=1S/C14H18N4OS.ClH/c1-10(15)13(19)17-6-8-18(9-7-17)14-16-11-4-2-3-5-12(11)20-14;/h2-5,10H,6-9,15H2,1H3;1H. The zero-order chi connectivity index (χ0) is 14.1. The maximum Gasteiger partial charge on any atom is 0.239 e. The molecule has 1 saturated heterocycles. The number of anilines is 1. The maximum atomic E-state index is 11.9. The molecule has 2 heterocycles. The molecular weight excluding hydrogens is 308 g/mol. The highest BCUT2D eigenvalue weighted by atomic mass is 35.5. The largest absolute Gasteiger partial charge is 0.345 e. The number of hydrogen-bond donors (Lipinski definition) is 1. The van der Waals surface area contributed by atoms with Crippen LogP contribution in [0, 0.1) is 0 Å². The van der Waals surface area contributed by atoms with Gasteiger partial charge in [-0.15, -0.1) is 12.4 Å². The van der Waals surface area contributed by atoms with Crippen molar-refractivity contribution < 1.29 is 4.79 Å². The van der Waals surface area contributed by atoms with Gasteiger partial charge in [0.1, 0.15) is 0 Å². The Labute approximate surface area is 134 Å². The summed E-state index contributed by atoms with van der Waals surface area (Å²) in [6, 6.07) is 7.75. The van der Waals surface area contributed by atoms with Crippen LogP contribution in [0.1, 0.15) is 6.92 Å². The molecule has 21 heavy (non-hydrogen) atoms. The van der Waals surface area contributed by atoms with Crippen LogP contribution >= 0.6 is 23.7 Å². The van der Waals surface area contributed by atoms with Gasteiger partial charge in [0.05, 0.1) is 16.3 Å². The Bertz CT molecular complexity index is 589. The number of carbonyl (C=O) groups is 1. The molecule has 1 atom stereocenters. The van der Waals surface area contributed by atoms with Crippen LogP contribution < -0.4 is 10.6 Å². The number of para-hydroxylation sites is 1. The molecule has 1 amide bonds. The number of hydrogen-bond acceptors (Lipinski definition) is 5. The summed E-state index contributed by atoms with van der Waals surface area (Å²) in [4.78, 5) is 20.6. The van der Waals surface area contributed by atoms with E-state index in [1.165, 1.54) is 4.70 Å². The molecule has 1 aromatic heterocycles. The van der Waals surface area contributed by atoms with Crippen molar-refractivity contribution in [1.82, 2.24) is 9.88 Å². The fraction of sp³-hybridized carbons (Fsp3) is 0.429. The highest BCUT2D eigenvalue weighted by Gasteiger charge is 2.24. The second-order valence-corrected chi connectivity index (χ2v) is 6.07. The summed E-state index contributed by atoms with van der Waals surface area (Å²) in [5.74, 6) is 0.0361. The van der Waals surface area contributed by atoms with Crippen molar-refractivity contribution in [2.45, 2.75) is 13.0 Å². The Morgan fingerprint density at radius 3 is 2.57 bits per heavy atom. The molecule has 1 fully saturated rings. The zero-order valence-corrected chi connectivity index (χ0v) is 13.5. The topological polar surface area (TPSA) is 62.5 Å². The second kappa shape index (κ2) is 6.60. The van der Waals surface area contributed by atoms with Gasteiger partial charge >= 0.3 is 0 Å². The monoisotopic (exact) mass is 326 g/mol. The fourth-order valence-corrected chi connectivity index (χ4v) is 3.42. The predicted molar refractivity (Wildman–Crippen MR) is 89.3 cm³/mol. The Morgan fingerprint density at radius 2 is 1.95 bits per heavy atom. The van der Waals surface area contributed by atoms with Gasteiger partial charge in [0, 0.05) is 26.2 Å². The first-order valence-electron chi connectivity index (χ1n) is 6.80. The number of carbonyl (C=O) groups excluding carboxylic acids is 1. The highest BCUT2D eigenvalue weighted by Crippen LogP contribution is 2.29. The summed E-state index contributed by atoms with van der Waals surface area (Å²) in [5.41, 5.74) is 6.69. The number of aromatic nitrogens is 1. The third-order valence-electron chi connectivity index (χ3n) is 3.53. The van der Waals surface area contributed by atoms with E-state index < -0.39 is 6.04 Å². The maximum absolute atomic E-state index is 11.9. The van der Waals surface area contributed by atoms with Crippen molar-refractivity contribution in [1.29, 1.82) is 0 Å². The number of nitrogens with zero attached hydrogens (tertiary/aromatic N) is 3. The molecule has 1 aromatic carbocycles. The van der Waals surface area contributed by atoms with Crippen LogP contribution in [0.2, 0.25) is 0 Å². The van der Waals surface area contributed by atoms with Crippen molar-refractivity contribution in [3.8, 4) is 0 Å². The first-order chi connectivity index (χ1) is 9.65. The molecule has 0 bridgehead atoms. The number of piperazine rings is 1. The second-order valence-electron chi connectivity index (χ2n) is 5.07. The molecule has 1 unspecified atom stereocenters. The number of nitrogens with two attached hydrogens (primary N) is 1. The summed E-state index contributed by atoms with van der Waals surface area (Å²) in [7, 11) is 0. The lowest BCUT2D eigenvalue weighted by atomic mass is 10.2. The highest BCUT2D eigenvalue weighted by molar-refractivity contribution is 7.22. The first kappa shape index (κ1) is 16.0. The number of halogens is 1.